The van der Waals surface area contributed by atoms with Crippen molar-refractivity contribution in [2.75, 3.05) is 11.9 Å². The molecule has 114 valence electrons. The van der Waals surface area contributed by atoms with Crippen molar-refractivity contribution >= 4 is 23.5 Å². The molecule has 1 aromatic rings. The van der Waals surface area contributed by atoms with Crippen molar-refractivity contribution in [2.24, 2.45) is 0 Å². The number of amides is 2. The number of rotatable bonds is 3. The van der Waals surface area contributed by atoms with Gasteiger partial charge in [-0.05, 0) is 36.4 Å². The Morgan fingerprint density at radius 1 is 1.48 bits per heavy atom. The van der Waals surface area contributed by atoms with Crippen LogP contribution in [0.2, 0.25) is 0 Å². The molecule has 0 fully saturated rings. The van der Waals surface area contributed by atoms with Gasteiger partial charge in [0.1, 0.15) is 0 Å². The molecule has 21 heavy (non-hydrogen) atoms. The van der Waals surface area contributed by atoms with Crippen LogP contribution in [-0.2, 0) is 0 Å². The first-order valence-electron chi connectivity index (χ1n) is 6.49. The lowest BCUT2D eigenvalue weighted by Crippen LogP contribution is -2.38. The van der Waals surface area contributed by atoms with E-state index in [0.717, 1.165) is 6.42 Å². The quantitative estimate of drug-likeness (QED) is 0.658. The molecule has 1 aliphatic rings. The van der Waals surface area contributed by atoms with Gasteiger partial charge in [0, 0.05) is 17.1 Å². The SMILES string of the molecule is CC[C@@H]1C=CCN1C(=O)Nc1cccc(SC(F)(F)F)c1. The van der Waals surface area contributed by atoms with E-state index in [1.165, 1.54) is 18.2 Å². The number of carbonyl (C=O) groups excluding carboxylic acids is 1. The van der Waals surface area contributed by atoms with Crippen LogP contribution in [0.5, 0.6) is 0 Å². The van der Waals surface area contributed by atoms with E-state index < -0.39 is 5.51 Å². The highest BCUT2D eigenvalue weighted by Crippen LogP contribution is 2.37. The molecule has 2 rings (SSSR count). The van der Waals surface area contributed by atoms with E-state index in [0.29, 0.717) is 12.2 Å². The van der Waals surface area contributed by atoms with Crippen molar-refractivity contribution in [2.45, 2.75) is 29.8 Å². The Balaban J connectivity index is 2.03. The van der Waals surface area contributed by atoms with E-state index in [2.05, 4.69) is 5.32 Å². The first kappa shape index (κ1) is 15.8. The van der Waals surface area contributed by atoms with E-state index in [-0.39, 0.29) is 28.7 Å². The molecule has 1 aromatic carbocycles. The predicted molar refractivity (Wildman–Crippen MR) is 77.3 cm³/mol. The normalized spacial score (nSPS) is 18.1. The molecule has 0 unspecified atom stereocenters. The number of hydrogen-bond donors (Lipinski definition) is 1. The molecule has 0 saturated carbocycles. The molecule has 0 radical (unpaired) electrons. The molecule has 7 heteroatoms. The van der Waals surface area contributed by atoms with Crippen molar-refractivity contribution in [1.29, 1.82) is 0 Å². The summed E-state index contributed by atoms with van der Waals surface area (Å²) in [7, 11) is 0. The highest BCUT2D eigenvalue weighted by Gasteiger charge is 2.29. The Morgan fingerprint density at radius 2 is 2.24 bits per heavy atom. The Bertz CT molecular complexity index is 545. The maximum absolute atomic E-state index is 12.3. The lowest BCUT2D eigenvalue weighted by atomic mass is 10.2. The van der Waals surface area contributed by atoms with E-state index in [9.17, 15) is 18.0 Å². The molecule has 0 bridgehead atoms. The summed E-state index contributed by atoms with van der Waals surface area (Å²) in [5.41, 5.74) is -3.98. The van der Waals surface area contributed by atoms with Crippen LogP contribution in [0, 0.1) is 0 Å². The van der Waals surface area contributed by atoms with Crippen LogP contribution in [-0.4, -0.2) is 29.0 Å². The zero-order valence-corrected chi connectivity index (χ0v) is 12.2. The first-order valence-corrected chi connectivity index (χ1v) is 7.31. The molecule has 1 atom stereocenters. The lowest BCUT2D eigenvalue weighted by Gasteiger charge is -2.24. The Kier molecular flexibility index (Phi) is 4.82. The van der Waals surface area contributed by atoms with Gasteiger partial charge in [-0.1, -0.05) is 25.1 Å². The number of anilines is 1. The predicted octanol–water partition coefficient (Wildman–Crippen LogP) is 4.48. The second kappa shape index (κ2) is 6.43. The van der Waals surface area contributed by atoms with Crippen molar-refractivity contribution < 1.29 is 18.0 Å². The standard InChI is InChI=1S/C14H15F3N2OS/c1-2-11-6-4-8-19(11)13(20)18-10-5-3-7-12(9-10)21-14(15,16)17/h3-7,9,11H,2,8H2,1H3,(H,18,20)/t11-/m1/s1. The van der Waals surface area contributed by atoms with Gasteiger partial charge in [0.2, 0.25) is 0 Å². The van der Waals surface area contributed by atoms with Crippen LogP contribution in [0.4, 0.5) is 23.7 Å². The van der Waals surface area contributed by atoms with Crippen LogP contribution in [0.25, 0.3) is 0 Å². The molecule has 0 spiro atoms. The molecular formula is C14H15F3N2OS. The van der Waals surface area contributed by atoms with Gasteiger partial charge in [-0.25, -0.2) is 4.79 Å². The molecule has 0 saturated heterocycles. The number of nitrogens with zero attached hydrogens (tertiary/aromatic N) is 1. The van der Waals surface area contributed by atoms with Gasteiger partial charge in [-0.15, -0.1) is 0 Å². The molecule has 1 heterocycles. The van der Waals surface area contributed by atoms with E-state index in [1.54, 1.807) is 11.0 Å². The molecule has 3 nitrogen and oxygen atoms in total. The minimum Gasteiger partial charge on any atom is -0.314 e. The summed E-state index contributed by atoms with van der Waals surface area (Å²) in [6.07, 6.45) is 4.66. The zero-order chi connectivity index (χ0) is 15.5. The van der Waals surface area contributed by atoms with Gasteiger partial charge < -0.3 is 10.2 Å². The number of thioether (sulfide) groups is 1. The third kappa shape index (κ3) is 4.42. The topological polar surface area (TPSA) is 32.3 Å². The van der Waals surface area contributed by atoms with Gasteiger partial charge in [0.05, 0.1) is 6.04 Å². The van der Waals surface area contributed by atoms with Gasteiger partial charge in [0.25, 0.3) is 0 Å². The van der Waals surface area contributed by atoms with Crippen molar-refractivity contribution in [3.8, 4) is 0 Å². The number of urea groups is 1. The molecule has 1 aliphatic heterocycles. The van der Waals surface area contributed by atoms with E-state index in [4.69, 9.17) is 0 Å². The van der Waals surface area contributed by atoms with E-state index >= 15 is 0 Å². The number of carbonyl (C=O) groups is 1. The first-order chi connectivity index (χ1) is 9.89. The Labute approximate surface area is 125 Å². The average Bonchev–Trinajstić information content (AvgIpc) is 2.85. The number of hydrogen-bond acceptors (Lipinski definition) is 2. The van der Waals surface area contributed by atoms with Crippen molar-refractivity contribution in [3.05, 3.63) is 36.4 Å². The second-order valence-corrected chi connectivity index (χ2v) is 5.70. The average molecular weight is 316 g/mol. The Morgan fingerprint density at radius 3 is 2.90 bits per heavy atom. The van der Waals surface area contributed by atoms with E-state index in [1.807, 2.05) is 19.1 Å². The fourth-order valence-corrected chi connectivity index (χ4v) is 2.73. The second-order valence-electron chi connectivity index (χ2n) is 4.56. The number of halogens is 3. The van der Waals surface area contributed by atoms with Crippen LogP contribution in [0.15, 0.2) is 41.3 Å². The van der Waals surface area contributed by atoms with Crippen LogP contribution in [0.3, 0.4) is 0 Å². The van der Waals surface area contributed by atoms with Crippen LogP contribution < -0.4 is 5.32 Å². The summed E-state index contributed by atoms with van der Waals surface area (Å²) >= 11 is -0.198. The Hall–Kier alpha value is -1.63. The molecule has 2 amide bonds. The van der Waals surface area contributed by atoms with Crippen LogP contribution in [0.1, 0.15) is 13.3 Å². The van der Waals surface area contributed by atoms with Crippen molar-refractivity contribution in [1.82, 2.24) is 4.90 Å². The molecule has 1 N–H and O–H groups in total. The summed E-state index contributed by atoms with van der Waals surface area (Å²) in [5, 5.41) is 2.64. The largest absolute Gasteiger partial charge is 0.446 e. The molecule has 0 aromatic heterocycles. The van der Waals surface area contributed by atoms with Gasteiger partial charge in [0.15, 0.2) is 0 Å². The number of nitrogens with one attached hydrogen (secondary N) is 1. The minimum absolute atomic E-state index is 0.0396. The maximum atomic E-state index is 12.3. The molecular weight excluding hydrogens is 301 g/mol. The minimum atomic E-state index is -4.34. The smallest absolute Gasteiger partial charge is 0.314 e. The zero-order valence-electron chi connectivity index (χ0n) is 11.4. The molecule has 0 aliphatic carbocycles. The summed E-state index contributed by atoms with van der Waals surface area (Å²) in [6.45, 7) is 2.49. The van der Waals surface area contributed by atoms with Gasteiger partial charge in [-0.2, -0.15) is 13.2 Å². The fourth-order valence-electron chi connectivity index (χ4n) is 2.13. The monoisotopic (exact) mass is 316 g/mol. The summed E-state index contributed by atoms with van der Waals surface area (Å²) in [5.74, 6) is 0. The summed E-state index contributed by atoms with van der Waals surface area (Å²) < 4.78 is 37.0. The third-order valence-electron chi connectivity index (χ3n) is 3.06. The highest BCUT2D eigenvalue weighted by atomic mass is 32.2. The number of benzene rings is 1. The third-order valence-corrected chi connectivity index (χ3v) is 3.78. The highest BCUT2D eigenvalue weighted by molar-refractivity contribution is 8.00. The van der Waals surface area contributed by atoms with Crippen molar-refractivity contribution in [3.63, 3.8) is 0 Å². The van der Waals surface area contributed by atoms with Gasteiger partial charge in [-0.3, -0.25) is 0 Å². The summed E-state index contributed by atoms with van der Waals surface area (Å²) in [6, 6.07) is 5.48. The fraction of sp³-hybridized carbons (Fsp3) is 0.357. The summed E-state index contributed by atoms with van der Waals surface area (Å²) in [4.78, 5) is 13.8. The lowest BCUT2D eigenvalue weighted by molar-refractivity contribution is -0.0328. The van der Waals surface area contributed by atoms with Crippen LogP contribution >= 0.6 is 11.8 Å². The maximum Gasteiger partial charge on any atom is 0.446 e. The number of alkyl halides is 3. The van der Waals surface area contributed by atoms with Gasteiger partial charge >= 0.3 is 11.5 Å².